The first-order valence-electron chi connectivity index (χ1n) is 8.82. The van der Waals surface area contributed by atoms with Crippen molar-refractivity contribution in [1.29, 1.82) is 0 Å². The molecule has 1 saturated carbocycles. The van der Waals surface area contributed by atoms with E-state index in [2.05, 4.69) is 23.5 Å². The minimum Gasteiger partial charge on any atom is -0.481 e. The summed E-state index contributed by atoms with van der Waals surface area (Å²) in [6.45, 7) is 5.80. The Morgan fingerprint density at radius 2 is 2.00 bits per heavy atom. The lowest BCUT2D eigenvalue weighted by atomic mass is 9.86. The van der Waals surface area contributed by atoms with Gasteiger partial charge in [-0.25, -0.2) is 0 Å². The Labute approximate surface area is 144 Å². The predicted octanol–water partition coefficient (Wildman–Crippen LogP) is 3.68. The summed E-state index contributed by atoms with van der Waals surface area (Å²) < 4.78 is 11.1. The van der Waals surface area contributed by atoms with Crippen LogP contribution in [-0.4, -0.2) is 36.4 Å². The van der Waals surface area contributed by atoms with Gasteiger partial charge in [0.05, 0.1) is 31.8 Å². The number of nitrogens with one attached hydrogen (secondary N) is 1. The normalized spacial score (nSPS) is 21.0. The molecule has 0 heterocycles. The molecule has 0 aliphatic heterocycles. The number of hydrogen-bond acceptors (Lipinski definition) is 4. The second-order valence-electron chi connectivity index (χ2n) is 6.70. The van der Waals surface area contributed by atoms with E-state index in [9.17, 15) is 4.79 Å². The van der Waals surface area contributed by atoms with Crippen LogP contribution in [0.1, 0.15) is 45.1 Å². The van der Waals surface area contributed by atoms with Crippen molar-refractivity contribution in [2.75, 3.05) is 18.5 Å². The van der Waals surface area contributed by atoms with Crippen molar-refractivity contribution in [1.82, 2.24) is 0 Å². The van der Waals surface area contributed by atoms with Gasteiger partial charge in [0.25, 0.3) is 0 Å². The fourth-order valence-corrected chi connectivity index (χ4v) is 3.00. The highest BCUT2D eigenvalue weighted by atomic mass is 16.5. The van der Waals surface area contributed by atoms with Crippen LogP contribution in [0.25, 0.3) is 0 Å². The molecule has 5 heteroatoms. The molecule has 2 rings (SSSR count). The van der Waals surface area contributed by atoms with Crippen molar-refractivity contribution in [3.05, 3.63) is 29.8 Å². The number of hydrogen-bond donors (Lipinski definition) is 2. The van der Waals surface area contributed by atoms with Crippen LogP contribution in [0.15, 0.2) is 24.3 Å². The van der Waals surface area contributed by atoms with Crippen molar-refractivity contribution >= 4 is 11.7 Å². The van der Waals surface area contributed by atoms with Gasteiger partial charge in [0, 0.05) is 11.7 Å². The first-order chi connectivity index (χ1) is 11.5. The summed E-state index contributed by atoms with van der Waals surface area (Å²) in [4.78, 5) is 11.0. The Hall–Kier alpha value is -1.59. The van der Waals surface area contributed by atoms with E-state index in [-0.39, 0.29) is 12.0 Å². The van der Waals surface area contributed by atoms with Gasteiger partial charge in [-0.3, -0.25) is 4.79 Å². The Bertz CT molecular complexity index is 510. The zero-order valence-electron chi connectivity index (χ0n) is 14.7. The molecule has 134 valence electrons. The Kier molecular flexibility index (Phi) is 7.53. The quantitative estimate of drug-likeness (QED) is 0.674. The van der Waals surface area contributed by atoms with Gasteiger partial charge in [-0.05, 0) is 57.2 Å². The van der Waals surface area contributed by atoms with Crippen LogP contribution in [-0.2, 0) is 20.9 Å². The predicted molar refractivity (Wildman–Crippen MR) is 94.2 cm³/mol. The van der Waals surface area contributed by atoms with Crippen molar-refractivity contribution in [3.63, 3.8) is 0 Å². The van der Waals surface area contributed by atoms with Gasteiger partial charge in [0.15, 0.2) is 0 Å². The molecule has 2 N–H and O–H groups in total. The van der Waals surface area contributed by atoms with E-state index in [0.29, 0.717) is 25.9 Å². The van der Waals surface area contributed by atoms with Crippen molar-refractivity contribution in [2.24, 2.45) is 5.92 Å². The molecule has 0 spiro atoms. The maximum Gasteiger partial charge on any atom is 0.306 e. The van der Waals surface area contributed by atoms with Gasteiger partial charge in [0.1, 0.15) is 0 Å². The Balaban J connectivity index is 1.73. The van der Waals surface area contributed by atoms with E-state index in [4.69, 9.17) is 14.6 Å². The molecule has 24 heavy (non-hydrogen) atoms. The molecule has 1 aromatic rings. The minimum atomic E-state index is -0.658. The monoisotopic (exact) mass is 335 g/mol. The van der Waals surface area contributed by atoms with Gasteiger partial charge in [-0.1, -0.05) is 12.1 Å². The molecule has 0 radical (unpaired) electrons. The lowest BCUT2D eigenvalue weighted by Crippen LogP contribution is -2.29. The van der Waals surface area contributed by atoms with E-state index < -0.39 is 5.97 Å². The Morgan fingerprint density at radius 1 is 1.25 bits per heavy atom. The second-order valence-corrected chi connectivity index (χ2v) is 6.70. The van der Waals surface area contributed by atoms with Gasteiger partial charge >= 0.3 is 5.97 Å². The SMILES string of the molecule is CC(C)OCCOCc1cccc(NC2CCC(C(=O)O)CC2)c1. The number of carboxylic acids is 1. The number of aliphatic carboxylic acids is 1. The topological polar surface area (TPSA) is 67.8 Å². The highest BCUT2D eigenvalue weighted by Gasteiger charge is 2.25. The lowest BCUT2D eigenvalue weighted by molar-refractivity contribution is -0.142. The third-order valence-corrected chi connectivity index (χ3v) is 4.32. The maximum absolute atomic E-state index is 11.0. The number of carbonyl (C=O) groups is 1. The number of benzene rings is 1. The zero-order valence-corrected chi connectivity index (χ0v) is 14.7. The van der Waals surface area contributed by atoms with Crippen LogP contribution < -0.4 is 5.32 Å². The zero-order chi connectivity index (χ0) is 17.4. The Morgan fingerprint density at radius 3 is 2.67 bits per heavy atom. The van der Waals surface area contributed by atoms with E-state index in [1.54, 1.807) is 0 Å². The molecule has 0 saturated heterocycles. The number of rotatable bonds is 9. The highest BCUT2D eigenvalue weighted by Crippen LogP contribution is 2.27. The van der Waals surface area contributed by atoms with Gasteiger partial charge in [-0.2, -0.15) is 0 Å². The summed E-state index contributed by atoms with van der Waals surface area (Å²) in [6.07, 6.45) is 3.56. The third kappa shape index (κ3) is 6.49. The smallest absolute Gasteiger partial charge is 0.306 e. The van der Waals surface area contributed by atoms with Crippen LogP contribution in [0, 0.1) is 5.92 Å². The van der Waals surface area contributed by atoms with Crippen molar-refractivity contribution in [3.8, 4) is 0 Å². The van der Waals surface area contributed by atoms with Crippen molar-refractivity contribution in [2.45, 2.75) is 58.3 Å². The fourth-order valence-electron chi connectivity index (χ4n) is 3.00. The molecule has 0 amide bonds. The summed E-state index contributed by atoms with van der Waals surface area (Å²) in [6, 6.07) is 8.59. The van der Waals surface area contributed by atoms with Gasteiger partial charge in [-0.15, -0.1) is 0 Å². The largest absolute Gasteiger partial charge is 0.481 e. The van der Waals surface area contributed by atoms with Gasteiger partial charge < -0.3 is 19.9 Å². The van der Waals surface area contributed by atoms with E-state index >= 15 is 0 Å². The summed E-state index contributed by atoms with van der Waals surface area (Å²) in [5.74, 6) is -0.829. The summed E-state index contributed by atoms with van der Waals surface area (Å²) in [5, 5.41) is 12.6. The summed E-state index contributed by atoms with van der Waals surface area (Å²) >= 11 is 0. The third-order valence-electron chi connectivity index (χ3n) is 4.32. The molecule has 0 unspecified atom stereocenters. The molecular weight excluding hydrogens is 306 g/mol. The molecule has 0 aromatic heterocycles. The van der Waals surface area contributed by atoms with Crippen LogP contribution in [0.5, 0.6) is 0 Å². The average molecular weight is 335 g/mol. The first-order valence-corrected chi connectivity index (χ1v) is 8.82. The molecular formula is C19H29NO4. The molecule has 1 aromatic carbocycles. The fraction of sp³-hybridized carbons (Fsp3) is 0.632. The number of carboxylic acid groups (broad SMARTS) is 1. The van der Waals surface area contributed by atoms with E-state index in [1.165, 1.54) is 0 Å². The minimum absolute atomic E-state index is 0.171. The highest BCUT2D eigenvalue weighted by molar-refractivity contribution is 5.70. The van der Waals surface area contributed by atoms with Gasteiger partial charge in [0.2, 0.25) is 0 Å². The molecule has 1 aliphatic rings. The molecule has 1 fully saturated rings. The lowest BCUT2D eigenvalue weighted by Gasteiger charge is -2.27. The molecule has 1 aliphatic carbocycles. The van der Waals surface area contributed by atoms with Crippen LogP contribution >= 0.6 is 0 Å². The molecule has 5 nitrogen and oxygen atoms in total. The maximum atomic E-state index is 11.0. The number of ether oxygens (including phenoxy) is 2. The molecule has 0 atom stereocenters. The number of anilines is 1. The van der Waals surface area contributed by atoms with E-state index in [0.717, 1.165) is 36.9 Å². The summed E-state index contributed by atoms with van der Waals surface area (Å²) in [7, 11) is 0. The van der Waals surface area contributed by atoms with Crippen LogP contribution in [0.2, 0.25) is 0 Å². The molecule has 0 bridgehead atoms. The van der Waals surface area contributed by atoms with E-state index in [1.807, 2.05) is 19.9 Å². The van der Waals surface area contributed by atoms with Crippen molar-refractivity contribution < 1.29 is 19.4 Å². The van der Waals surface area contributed by atoms with Crippen LogP contribution in [0.3, 0.4) is 0 Å². The second kappa shape index (κ2) is 9.64. The first kappa shape index (κ1) is 18.7. The summed E-state index contributed by atoms with van der Waals surface area (Å²) in [5.41, 5.74) is 2.21. The standard InChI is InChI=1S/C19H29NO4/c1-14(2)24-11-10-23-13-15-4-3-5-18(12-15)20-17-8-6-16(7-9-17)19(21)22/h3-5,12,14,16-17,20H,6-11,13H2,1-2H3,(H,21,22). The average Bonchev–Trinajstić information content (AvgIpc) is 2.55. The van der Waals surface area contributed by atoms with Crippen LogP contribution in [0.4, 0.5) is 5.69 Å².